The number of carbonyl (C=O) groups is 1. The highest BCUT2D eigenvalue weighted by molar-refractivity contribution is 5.81. The van der Waals surface area contributed by atoms with E-state index in [-0.39, 0.29) is 12.7 Å². The summed E-state index contributed by atoms with van der Waals surface area (Å²) in [7, 11) is 0. The molecule has 0 aliphatic heterocycles. The van der Waals surface area contributed by atoms with Gasteiger partial charge >= 0.3 is 5.97 Å². The third kappa shape index (κ3) is 4.56. The lowest BCUT2D eigenvalue weighted by Crippen LogP contribution is -2.19. The normalized spacial score (nSPS) is 13.4. The number of ether oxygens (including phenoxy) is 1. The van der Waals surface area contributed by atoms with Crippen LogP contribution in [0.4, 0.5) is 0 Å². The third-order valence-corrected chi connectivity index (χ3v) is 1.24. The molecule has 0 spiro atoms. The number of aliphatic hydroxyl groups is 1. The van der Waals surface area contributed by atoms with Gasteiger partial charge in [-0.2, -0.15) is 0 Å². The monoisotopic (exact) mass is 158 g/mol. The summed E-state index contributed by atoms with van der Waals surface area (Å²) >= 11 is 0. The van der Waals surface area contributed by atoms with Crippen LogP contribution in [-0.4, -0.2) is 23.8 Å². The molecule has 0 aromatic rings. The molecule has 0 radical (unpaired) electrons. The highest BCUT2D eigenvalue weighted by Crippen LogP contribution is 1.97. The summed E-state index contributed by atoms with van der Waals surface area (Å²) in [6.07, 6.45) is 3.21. The van der Waals surface area contributed by atoms with E-state index in [4.69, 9.17) is 9.84 Å². The van der Waals surface area contributed by atoms with Crippen molar-refractivity contribution in [1.29, 1.82) is 0 Å². The van der Waals surface area contributed by atoms with Gasteiger partial charge in [0.25, 0.3) is 0 Å². The minimum Gasteiger partial charge on any atom is -0.457 e. The Hall–Kier alpha value is -0.830. The zero-order chi connectivity index (χ0) is 8.69. The van der Waals surface area contributed by atoms with Crippen LogP contribution in [0.25, 0.3) is 0 Å². The van der Waals surface area contributed by atoms with Gasteiger partial charge in [0.1, 0.15) is 6.10 Å². The van der Waals surface area contributed by atoms with E-state index in [1.807, 2.05) is 6.92 Å². The largest absolute Gasteiger partial charge is 0.457 e. The molecule has 11 heavy (non-hydrogen) atoms. The number of esters is 1. The lowest BCUT2D eigenvalue weighted by Gasteiger charge is -2.10. The molecule has 3 heteroatoms. The van der Waals surface area contributed by atoms with Gasteiger partial charge in [-0.05, 0) is 13.3 Å². The fraction of sp³-hybridized carbons (Fsp3) is 0.625. The van der Waals surface area contributed by atoms with Crippen LogP contribution in [0.1, 0.15) is 20.3 Å². The van der Waals surface area contributed by atoms with Crippen molar-refractivity contribution >= 4 is 5.97 Å². The molecule has 0 fully saturated rings. The molecule has 0 aromatic carbocycles. The summed E-state index contributed by atoms with van der Waals surface area (Å²) in [5.74, 6) is -0.395. The molecule has 0 heterocycles. The van der Waals surface area contributed by atoms with Crippen LogP contribution in [0, 0.1) is 0 Å². The Bertz CT molecular complexity index is 136. The Kier molecular flexibility index (Phi) is 5.47. The van der Waals surface area contributed by atoms with Crippen molar-refractivity contribution < 1.29 is 14.6 Å². The van der Waals surface area contributed by atoms with Crippen LogP contribution in [0.3, 0.4) is 0 Å². The van der Waals surface area contributed by atoms with E-state index in [0.717, 1.165) is 0 Å². The molecule has 0 aliphatic carbocycles. The highest BCUT2D eigenvalue weighted by Gasteiger charge is 2.07. The third-order valence-electron chi connectivity index (χ3n) is 1.24. The van der Waals surface area contributed by atoms with Crippen molar-refractivity contribution in [2.45, 2.75) is 26.4 Å². The number of carbonyl (C=O) groups excluding carboxylic acids is 1. The Labute approximate surface area is 66.7 Å². The van der Waals surface area contributed by atoms with E-state index in [1.165, 1.54) is 6.08 Å². The maximum Gasteiger partial charge on any atom is 0.330 e. The van der Waals surface area contributed by atoms with Gasteiger partial charge in [0.05, 0.1) is 6.61 Å². The molecule has 64 valence electrons. The van der Waals surface area contributed by atoms with Gasteiger partial charge in [0.15, 0.2) is 0 Å². The second-order valence-electron chi connectivity index (χ2n) is 2.15. The lowest BCUT2D eigenvalue weighted by atomic mass is 10.3. The van der Waals surface area contributed by atoms with Gasteiger partial charge in [-0.1, -0.05) is 13.0 Å². The zero-order valence-corrected chi connectivity index (χ0v) is 6.91. The second kappa shape index (κ2) is 5.92. The molecule has 1 N–H and O–H groups in total. The van der Waals surface area contributed by atoms with E-state index in [9.17, 15) is 4.79 Å². The van der Waals surface area contributed by atoms with Gasteiger partial charge in [-0.25, -0.2) is 4.79 Å². The van der Waals surface area contributed by atoms with Gasteiger partial charge in [-0.15, -0.1) is 0 Å². The SMILES string of the molecule is C/C=C\C(=O)OC(CC)CO. The van der Waals surface area contributed by atoms with Crippen molar-refractivity contribution in [3.8, 4) is 0 Å². The lowest BCUT2D eigenvalue weighted by molar-refractivity contribution is -0.145. The summed E-state index contributed by atoms with van der Waals surface area (Å²) in [5, 5.41) is 8.64. The number of aliphatic hydroxyl groups excluding tert-OH is 1. The van der Waals surface area contributed by atoms with E-state index in [2.05, 4.69) is 0 Å². The number of hydrogen-bond acceptors (Lipinski definition) is 3. The fourth-order valence-corrected chi connectivity index (χ4v) is 0.589. The predicted octanol–water partition coefficient (Wildman–Crippen LogP) is 0.877. The van der Waals surface area contributed by atoms with Crippen molar-refractivity contribution in [2.24, 2.45) is 0 Å². The van der Waals surface area contributed by atoms with E-state index in [0.29, 0.717) is 6.42 Å². The summed E-state index contributed by atoms with van der Waals surface area (Å²) in [6, 6.07) is 0. The van der Waals surface area contributed by atoms with Crippen LogP contribution in [0.5, 0.6) is 0 Å². The van der Waals surface area contributed by atoms with Crippen LogP contribution in [0.2, 0.25) is 0 Å². The number of allylic oxidation sites excluding steroid dienone is 1. The molecular formula is C8H14O3. The maximum atomic E-state index is 10.8. The first-order chi connectivity index (χ1) is 5.24. The molecule has 0 saturated carbocycles. The average molecular weight is 158 g/mol. The molecule has 0 saturated heterocycles. The van der Waals surface area contributed by atoms with Gasteiger partial charge < -0.3 is 9.84 Å². The molecule has 3 nitrogen and oxygen atoms in total. The van der Waals surface area contributed by atoms with Crippen LogP contribution in [-0.2, 0) is 9.53 Å². The first-order valence-corrected chi connectivity index (χ1v) is 3.68. The first kappa shape index (κ1) is 10.2. The summed E-state index contributed by atoms with van der Waals surface area (Å²) in [6.45, 7) is 3.48. The summed E-state index contributed by atoms with van der Waals surface area (Å²) in [5.41, 5.74) is 0. The quantitative estimate of drug-likeness (QED) is 0.488. The first-order valence-electron chi connectivity index (χ1n) is 3.68. The standard InChI is InChI=1S/C8H14O3/c1-3-5-8(10)11-7(4-2)6-9/h3,5,7,9H,4,6H2,1-2H3/b5-3-. The molecule has 0 amide bonds. The minimum absolute atomic E-state index is 0.111. The van der Waals surface area contributed by atoms with Crippen molar-refractivity contribution in [2.75, 3.05) is 6.61 Å². The second-order valence-corrected chi connectivity index (χ2v) is 2.15. The van der Waals surface area contributed by atoms with E-state index < -0.39 is 5.97 Å². The molecule has 0 bridgehead atoms. The van der Waals surface area contributed by atoms with Gasteiger partial charge in [-0.3, -0.25) is 0 Å². The van der Waals surface area contributed by atoms with Crippen molar-refractivity contribution in [3.05, 3.63) is 12.2 Å². The highest BCUT2D eigenvalue weighted by atomic mass is 16.5. The number of hydrogen-bond donors (Lipinski definition) is 1. The van der Waals surface area contributed by atoms with Crippen LogP contribution < -0.4 is 0 Å². The minimum atomic E-state index is -0.395. The Morgan fingerprint density at radius 3 is 2.73 bits per heavy atom. The maximum absolute atomic E-state index is 10.8. The molecule has 0 aliphatic rings. The topological polar surface area (TPSA) is 46.5 Å². The molecule has 1 unspecified atom stereocenters. The van der Waals surface area contributed by atoms with E-state index >= 15 is 0 Å². The average Bonchev–Trinajstić information content (AvgIpc) is 2.01. The predicted molar refractivity (Wildman–Crippen MR) is 42.1 cm³/mol. The Balaban J connectivity index is 3.71. The fourth-order valence-electron chi connectivity index (χ4n) is 0.589. The number of rotatable bonds is 4. The zero-order valence-electron chi connectivity index (χ0n) is 6.91. The summed E-state index contributed by atoms with van der Waals surface area (Å²) < 4.78 is 4.81. The Morgan fingerprint density at radius 2 is 2.36 bits per heavy atom. The molecular weight excluding hydrogens is 144 g/mol. The van der Waals surface area contributed by atoms with E-state index in [1.54, 1.807) is 13.0 Å². The van der Waals surface area contributed by atoms with Gasteiger partial charge in [0.2, 0.25) is 0 Å². The molecule has 0 aromatic heterocycles. The van der Waals surface area contributed by atoms with Gasteiger partial charge in [0, 0.05) is 6.08 Å². The molecule has 1 atom stereocenters. The van der Waals surface area contributed by atoms with Crippen LogP contribution >= 0.6 is 0 Å². The van der Waals surface area contributed by atoms with Crippen molar-refractivity contribution in [1.82, 2.24) is 0 Å². The summed E-state index contributed by atoms with van der Waals surface area (Å²) in [4.78, 5) is 10.8. The van der Waals surface area contributed by atoms with Crippen molar-refractivity contribution in [3.63, 3.8) is 0 Å². The Morgan fingerprint density at radius 1 is 1.73 bits per heavy atom. The molecule has 0 rings (SSSR count). The smallest absolute Gasteiger partial charge is 0.330 e. The van der Waals surface area contributed by atoms with Crippen LogP contribution in [0.15, 0.2) is 12.2 Å².